The Hall–Kier alpha value is -1.09. The van der Waals surface area contributed by atoms with Crippen LogP contribution >= 0.6 is 0 Å². The Morgan fingerprint density at radius 3 is 3.20 bits per heavy atom. The second-order valence-electron chi connectivity index (χ2n) is 4.02. The van der Waals surface area contributed by atoms with Gasteiger partial charge in [-0.15, -0.1) is 0 Å². The molecule has 0 aliphatic carbocycles. The minimum absolute atomic E-state index is 0.0630. The lowest BCUT2D eigenvalue weighted by atomic mass is 9.96. The van der Waals surface area contributed by atoms with Crippen LogP contribution in [-0.2, 0) is 0 Å². The third kappa shape index (κ3) is 2.12. The first-order valence-corrected chi connectivity index (χ1v) is 5.50. The van der Waals surface area contributed by atoms with Crippen molar-refractivity contribution in [3.05, 3.63) is 29.6 Å². The molecular formula is C12H17FN2. The van der Waals surface area contributed by atoms with E-state index < -0.39 is 0 Å². The Morgan fingerprint density at radius 2 is 2.40 bits per heavy atom. The van der Waals surface area contributed by atoms with E-state index in [1.807, 2.05) is 13.1 Å². The number of fused-ring (bicyclic) bond motifs is 1. The zero-order valence-electron chi connectivity index (χ0n) is 9.02. The van der Waals surface area contributed by atoms with Gasteiger partial charge in [-0.1, -0.05) is 6.07 Å². The minimum Gasteiger partial charge on any atom is -0.384 e. The molecule has 0 aromatic heterocycles. The molecule has 0 radical (unpaired) electrons. The van der Waals surface area contributed by atoms with Gasteiger partial charge in [-0.25, -0.2) is 4.39 Å². The van der Waals surface area contributed by atoms with Gasteiger partial charge < -0.3 is 10.6 Å². The molecule has 1 aromatic rings. The lowest BCUT2D eigenvalue weighted by Crippen LogP contribution is -2.10. The smallest absolute Gasteiger partial charge is 0.128 e. The van der Waals surface area contributed by atoms with E-state index in [1.54, 1.807) is 12.1 Å². The van der Waals surface area contributed by atoms with Crippen molar-refractivity contribution in [1.29, 1.82) is 0 Å². The second-order valence-corrected chi connectivity index (χ2v) is 4.02. The summed E-state index contributed by atoms with van der Waals surface area (Å²) in [7, 11) is 1.95. The lowest BCUT2D eigenvalue weighted by Gasteiger charge is -2.10. The van der Waals surface area contributed by atoms with E-state index in [4.69, 9.17) is 0 Å². The Labute approximate surface area is 89.9 Å². The van der Waals surface area contributed by atoms with Crippen LogP contribution in [0.2, 0.25) is 0 Å². The van der Waals surface area contributed by atoms with E-state index in [1.165, 1.54) is 0 Å². The predicted octanol–water partition coefficient (Wildman–Crippen LogP) is 2.33. The van der Waals surface area contributed by atoms with Crippen LogP contribution in [0.3, 0.4) is 0 Å². The van der Waals surface area contributed by atoms with E-state index >= 15 is 0 Å². The molecule has 1 atom stereocenters. The highest BCUT2D eigenvalue weighted by Crippen LogP contribution is 2.35. The van der Waals surface area contributed by atoms with Gasteiger partial charge in [-0.2, -0.15) is 0 Å². The number of hydrogen-bond donors (Lipinski definition) is 2. The summed E-state index contributed by atoms with van der Waals surface area (Å²) >= 11 is 0. The van der Waals surface area contributed by atoms with Crippen LogP contribution in [0.4, 0.5) is 10.1 Å². The van der Waals surface area contributed by atoms with Crippen molar-refractivity contribution in [1.82, 2.24) is 5.32 Å². The van der Waals surface area contributed by atoms with Crippen molar-refractivity contribution in [2.75, 3.05) is 25.5 Å². The molecule has 1 aliphatic heterocycles. The number of halogens is 1. The molecule has 0 amide bonds. The zero-order chi connectivity index (χ0) is 10.7. The number of nitrogens with one attached hydrogen (secondary N) is 2. The lowest BCUT2D eigenvalue weighted by molar-refractivity contribution is 0.560. The van der Waals surface area contributed by atoms with Gasteiger partial charge in [0.1, 0.15) is 5.82 Å². The largest absolute Gasteiger partial charge is 0.384 e. The van der Waals surface area contributed by atoms with Crippen molar-refractivity contribution >= 4 is 5.69 Å². The topological polar surface area (TPSA) is 24.1 Å². The highest BCUT2D eigenvalue weighted by Gasteiger charge is 2.24. The van der Waals surface area contributed by atoms with Crippen molar-refractivity contribution in [2.24, 2.45) is 0 Å². The van der Waals surface area contributed by atoms with Gasteiger partial charge in [-0.05, 0) is 38.6 Å². The maximum Gasteiger partial charge on any atom is 0.128 e. The monoisotopic (exact) mass is 208 g/mol. The first kappa shape index (κ1) is 10.4. The summed E-state index contributed by atoms with van der Waals surface area (Å²) in [6.45, 7) is 1.88. The molecule has 1 aliphatic rings. The van der Waals surface area contributed by atoms with E-state index in [9.17, 15) is 4.39 Å². The van der Waals surface area contributed by atoms with E-state index in [0.717, 1.165) is 37.2 Å². The molecule has 0 fully saturated rings. The molecule has 1 unspecified atom stereocenters. The Kier molecular flexibility index (Phi) is 3.21. The molecule has 0 spiro atoms. The number of rotatable bonds is 4. The van der Waals surface area contributed by atoms with Gasteiger partial charge in [0.2, 0.25) is 0 Å². The minimum atomic E-state index is -0.0630. The van der Waals surface area contributed by atoms with E-state index in [2.05, 4.69) is 10.6 Å². The molecule has 82 valence electrons. The van der Waals surface area contributed by atoms with Gasteiger partial charge in [-0.3, -0.25) is 0 Å². The van der Waals surface area contributed by atoms with Gasteiger partial charge in [0.25, 0.3) is 0 Å². The van der Waals surface area contributed by atoms with Crippen molar-refractivity contribution in [2.45, 2.75) is 18.8 Å². The summed E-state index contributed by atoms with van der Waals surface area (Å²) in [5.74, 6) is 0.279. The first-order chi connectivity index (χ1) is 7.33. The third-order valence-electron chi connectivity index (χ3n) is 2.98. The maximum atomic E-state index is 13.6. The first-order valence-electron chi connectivity index (χ1n) is 5.50. The predicted molar refractivity (Wildman–Crippen MR) is 60.8 cm³/mol. The molecule has 3 heteroatoms. The standard InChI is InChI=1S/C12H17FN2/c1-14-7-3-4-9-8-15-11-6-2-5-10(13)12(9)11/h2,5-6,9,14-15H,3-4,7-8H2,1H3. The molecule has 1 heterocycles. The van der Waals surface area contributed by atoms with Gasteiger partial charge >= 0.3 is 0 Å². The summed E-state index contributed by atoms with van der Waals surface area (Å²) in [5, 5.41) is 6.37. The average molecular weight is 208 g/mol. The summed E-state index contributed by atoms with van der Waals surface area (Å²) in [5.41, 5.74) is 1.86. The summed E-state index contributed by atoms with van der Waals surface area (Å²) in [6, 6.07) is 5.27. The molecule has 0 bridgehead atoms. The SMILES string of the molecule is CNCCCC1CNc2cccc(F)c21. The number of hydrogen-bond acceptors (Lipinski definition) is 2. The Balaban J connectivity index is 2.07. The molecule has 2 nitrogen and oxygen atoms in total. The quantitative estimate of drug-likeness (QED) is 0.742. The van der Waals surface area contributed by atoms with Crippen LogP contribution in [0.5, 0.6) is 0 Å². The maximum absolute atomic E-state index is 13.6. The summed E-state index contributed by atoms with van der Waals surface area (Å²) in [4.78, 5) is 0. The van der Waals surface area contributed by atoms with Crippen LogP contribution < -0.4 is 10.6 Å². The average Bonchev–Trinajstić information content (AvgIpc) is 2.63. The second kappa shape index (κ2) is 4.62. The van der Waals surface area contributed by atoms with Crippen LogP contribution in [0.25, 0.3) is 0 Å². The van der Waals surface area contributed by atoms with Gasteiger partial charge in [0.05, 0.1) is 0 Å². The molecular weight excluding hydrogens is 191 g/mol. The number of anilines is 1. The van der Waals surface area contributed by atoms with Crippen molar-refractivity contribution < 1.29 is 4.39 Å². The van der Waals surface area contributed by atoms with E-state index in [0.29, 0.717) is 5.92 Å². The van der Waals surface area contributed by atoms with Gasteiger partial charge in [0, 0.05) is 23.7 Å². The molecule has 2 rings (SSSR count). The van der Waals surface area contributed by atoms with Gasteiger partial charge in [0.15, 0.2) is 0 Å². The van der Waals surface area contributed by atoms with Crippen LogP contribution in [0, 0.1) is 5.82 Å². The van der Waals surface area contributed by atoms with Crippen molar-refractivity contribution in [3.8, 4) is 0 Å². The van der Waals surface area contributed by atoms with Crippen LogP contribution in [0.15, 0.2) is 18.2 Å². The highest BCUT2D eigenvalue weighted by molar-refractivity contribution is 5.58. The molecule has 2 N–H and O–H groups in total. The highest BCUT2D eigenvalue weighted by atomic mass is 19.1. The fourth-order valence-corrected chi connectivity index (χ4v) is 2.21. The fourth-order valence-electron chi connectivity index (χ4n) is 2.21. The Morgan fingerprint density at radius 1 is 1.53 bits per heavy atom. The molecule has 0 saturated heterocycles. The van der Waals surface area contributed by atoms with Crippen LogP contribution in [0.1, 0.15) is 24.3 Å². The van der Waals surface area contributed by atoms with Crippen LogP contribution in [-0.4, -0.2) is 20.1 Å². The number of benzene rings is 1. The molecule has 1 aromatic carbocycles. The van der Waals surface area contributed by atoms with E-state index in [-0.39, 0.29) is 5.82 Å². The fraction of sp³-hybridized carbons (Fsp3) is 0.500. The Bertz CT molecular complexity index is 338. The zero-order valence-corrected chi connectivity index (χ0v) is 9.02. The summed E-state index contributed by atoms with van der Waals surface area (Å²) < 4.78 is 13.6. The summed E-state index contributed by atoms with van der Waals surface area (Å²) in [6.07, 6.45) is 2.14. The normalized spacial score (nSPS) is 18.7. The molecule has 15 heavy (non-hydrogen) atoms. The third-order valence-corrected chi connectivity index (χ3v) is 2.98. The van der Waals surface area contributed by atoms with Crippen molar-refractivity contribution in [3.63, 3.8) is 0 Å². The molecule has 0 saturated carbocycles.